The van der Waals surface area contributed by atoms with Crippen LogP contribution in [0.15, 0.2) is 24.5 Å². The number of imidazole rings is 1. The second kappa shape index (κ2) is 6.85. The van der Waals surface area contributed by atoms with Crippen LogP contribution >= 0.6 is 11.6 Å². The second-order valence-corrected chi connectivity index (χ2v) is 5.69. The van der Waals surface area contributed by atoms with E-state index in [1.807, 2.05) is 36.9 Å². The van der Waals surface area contributed by atoms with Gasteiger partial charge in [0.05, 0.1) is 18.2 Å². The van der Waals surface area contributed by atoms with Crippen LogP contribution in [0.3, 0.4) is 0 Å². The van der Waals surface area contributed by atoms with Gasteiger partial charge in [-0.2, -0.15) is 0 Å². The van der Waals surface area contributed by atoms with Crippen molar-refractivity contribution in [3.63, 3.8) is 0 Å². The highest BCUT2D eigenvalue weighted by Crippen LogP contribution is 2.39. The molecule has 1 heterocycles. The molecule has 0 radical (unpaired) electrons. The van der Waals surface area contributed by atoms with Gasteiger partial charge in [-0.3, -0.25) is 0 Å². The summed E-state index contributed by atoms with van der Waals surface area (Å²) in [5, 5.41) is 0.541. The summed E-state index contributed by atoms with van der Waals surface area (Å²) >= 11 is 6.38. The first-order valence-electron chi connectivity index (χ1n) is 7.09. The lowest BCUT2D eigenvalue weighted by atomic mass is 10.2. The lowest BCUT2D eigenvalue weighted by molar-refractivity contribution is 0.248. The van der Waals surface area contributed by atoms with E-state index in [2.05, 4.69) is 18.8 Å². The molecule has 0 bridgehead atoms. The van der Waals surface area contributed by atoms with Crippen molar-refractivity contribution in [2.75, 3.05) is 13.2 Å². The van der Waals surface area contributed by atoms with Crippen molar-refractivity contribution in [3.05, 3.63) is 29.5 Å². The summed E-state index contributed by atoms with van der Waals surface area (Å²) in [5.41, 5.74) is 0.910. The van der Waals surface area contributed by atoms with E-state index in [9.17, 15) is 0 Å². The van der Waals surface area contributed by atoms with Gasteiger partial charge in [0.15, 0.2) is 11.5 Å². The molecule has 21 heavy (non-hydrogen) atoms. The summed E-state index contributed by atoms with van der Waals surface area (Å²) in [7, 11) is 1.94. The molecule has 0 unspecified atom stereocenters. The van der Waals surface area contributed by atoms with Gasteiger partial charge in [-0.15, -0.1) is 0 Å². The number of aryl methyl sites for hydroxylation is 1. The predicted octanol–water partition coefficient (Wildman–Crippen LogP) is 4.17. The smallest absolute Gasteiger partial charge is 0.179 e. The van der Waals surface area contributed by atoms with Gasteiger partial charge in [0.1, 0.15) is 5.82 Å². The highest BCUT2D eigenvalue weighted by Gasteiger charge is 2.15. The standard InChI is InChI=1S/C16H21ClN2O2/c1-5-20-14-9-12(16-18-6-7-19(16)4)8-13(17)15(14)21-10-11(2)3/h6-9,11H,5,10H2,1-4H3. The minimum absolute atomic E-state index is 0.421. The second-order valence-electron chi connectivity index (χ2n) is 5.28. The van der Waals surface area contributed by atoms with E-state index in [0.717, 1.165) is 11.4 Å². The molecule has 0 saturated heterocycles. The molecule has 1 aromatic carbocycles. The number of hydrogen-bond donors (Lipinski definition) is 0. The predicted molar refractivity (Wildman–Crippen MR) is 85.2 cm³/mol. The Bertz CT molecular complexity index is 608. The van der Waals surface area contributed by atoms with Crippen molar-refractivity contribution >= 4 is 11.6 Å². The summed E-state index contributed by atoms with van der Waals surface area (Å²) < 4.78 is 13.4. The molecule has 0 N–H and O–H groups in total. The van der Waals surface area contributed by atoms with Gasteiger partial charge < -0.3 is 14.0 Å². The number of nitrogens with zero attached hydrogens (tertiary/aromatic N) is 2. The largest absolute Gasteiger partial charge is 0.490 e. The third kappa shape index (κ3) is 3.70. The summed E-state index contributed by atoms with van der Waals surface area (Å²) in [6.45, 7) is 7.28. The van der Waals surface area contributed by atoms with Gasteiger partial charge >= 0.3 is 0 Å². The zero-order chi connectivity index (χ0) is 15.4. The molecule has 0 saturated carbocycles. The number of aromatic nitrogens is 2. The highest BCUT2D eigenvalue weighted by atomic mass is 35.5. The third-order valence-electron chi connectivity index (χ3n) is 2.95. The number of benzene rings is 1. The first-order chi connectivity index (χ1) is 10.0. The summed E-state index contributed by atoms with van der Waals surface area (Å²) in [6, 6.07) is 3.79. The monoisotopic (exact) mass is 308 g/mol. The van der Waals surface area contributed by atoms with Gasteiger partial charge in [-0.1, -0.05) is 25.4 Å². The van der Waals surface area contributed by atoms with E-state index in [0.29, 0.717) is 35.7 Å². The van der Waals surface area contributed by atoms with E-state index in [-0.39, 0.29) is 0 Å². The lowest BCUT2D eigenvalue weighted by Gasteiger charge is -2.16. The minimum Gasteiger partial charge on any atom is -0.490 e. The molecule has 0 spiro atoms. The molecule has 114 valence electrons. The first-order valence-corrected chi connectivity index (χ1v) is 7.47. The Labute approximate surface area is 130 Å². The molecule has 1 aromatic heterocycles. The molecular weight excluding hydrogens is 288 g/mol. The Morgan fingerprint density at radius 2 is 2.05 bits per heavy atom. The van der Waals surface area contributed by atoms with Gasteiger partial charge in [0.2, 0.25) is 0 Å². The fourth-order valence-corrected chi connectivity index (χ4v) is 2.26. The highest BCUT2D eigenvalue weighted by molar-refractivity contribution is 6.32. The number of ether oxygens (including phenoxy) is 2. The molecule has 5 heteroatoms. The number of rotatable bonds is 6. The van der Waals surface area contributed by atoms with Crippen LogP contribution in [0.25, 0.3) is 11.4 Å². The maximum atomic E-state index is 6.38. The Hall–Kier alpha value is -1.68. The van der Waals surface area contributed by atoms with Gasteiger partial charge in [-0.25, -0.2) is 4.98 Å². The molecule has 0 aliphatic heterocycles. The van der Waals surface area contributed by atoms with E-state index >= 15 is 0 Å². The van der Waals surface area contributed by atoms with Gasteiger partial charge in [0.25, 0.3) is 0 Å². The zero-order valence-electron chi connectivity index (χ0n) is 12.9. The van der Waals surface area contributed by atoms with Gasteiger partial charge in [-0.05, 0) is 25.0 Å². The Kier molecular flexibility index (Phi) is 5.12. The fraction of sp³-hybridized carbons (Fsp3) is 0.438. The third-order valence-corrected chi connectivity index (χ3v) is 3.23. The van der Waals surface area contributed by atoms with Crippen molar-refractivity contribution in [2.45, 2.75) is 20.8 Å². The Morgan fingerprint density at radius 1 is 1.29 bits per heavy atom. The topological polar surface area (TPSA) is 36.3 Å². The van der Waals surface area contributed by atoms with Crippen LogP contribution in [-0.4, -0.2) is 22.8 Å². The first kappa shape index (κ1) is 15.7. The average molecular weight is 309 g/mol. The normalized spacial score (nSPS) is 11.0. The van der Waals surface area contributed by atoms with Gasteiger partial charge in [0, 0.05) is 25.0 Å². The quantitative estimate of drug-likeness (QED) is 0.803. The lowest BCUT2D eigenvalue weighted by Crippen LogP contribution is -2.07. The average Bonchev–Trinajstić information content (AvgIpc) is 2.84. The van der Waals surface area contributed by atoms with Crippen molar-refractivity contribution in [3.8, 4) is 22.9 Å². The van der Waals surface area contributed by atoms with Crippen LogP contribution in [0.1, 0.15) is 20.8 Å². The molecule has 0 aliphatic rings. The molecule has 0 amide bonds. The molecule has 0 aliphatic carbocycles. The molecule has 2 aromatic rings. The maximum absolute atomic E-state index is 6.38. The van der Waals surface area contributed by atoms with Crippen LogP contribution in [0, 0.1) is 5.92 Å². The summed E-state index contributed by atoms with van der Waals surface area (Å²) in [6.07, 6.45) is 3.65. The zero-order valence-corrected chi connectivity index (χ0v) is 13.6. The Morgan fingerprint density at radius 3 is 2.62 bits per heavy atom. The van der Waals surface area contributed by atoms with Crippen LogP contribution in [0.2, 0.25) is 5.02 Å². The molecule has 0 atom stereocenters. The summed E-state index contributed by atoms with van der Waals surface area (Å²) in [5.74, 6) is 2.52. The fourth-order valence-electron chi connectivity index (χ4n) is 1.99. The minimum atomic E-state index is 0.421. The van der Waals surface area contributed by atoms with Crippen molar-refractivity contribution < 1.29 is 9.47 Å². The van der Waals surface area contributed by atoms with Crippen LogP contribution in [-0.2, 0) is 7.05 Å². The molecule has 0 fully saturated rings. The van der Waals surface area contributed by atoms with E-state index in [1.54, 1.807) is 6.20 Å². The van der Waals surface area contributed by atoms with E-state index in [1.165, 1.54) is 0 Å². The molecular formula is C16H21ClN2O2. The van der Waals surface area contributed by atoms with E-state index in [4.69, 9.17) is 21.1 Å². The van der Waals surface area contributed by atoms with Crippen LogP contribution < -0.4 is 9.47 Å². The van der Waals surface area contributed by atoms with Crippen LogP contribution in [0.5, 0.6) is 11.5 Å². The Balaban J connectivity index is 2.41. The summed E-state index contributed by atoms with van der Waals surface area (Å²) in [4.78, 5) is 4.34. The van der Waals surface area contributed by atoms with Crippen molar-refractivity contribution in [1.82, 2.24) is 9.55 Å². The number of hydrogen-bond acceptors (Lipinski definition) is 3. The molecule has 2 rings (SSSR count). The van der Waals surface area contributed by atoms with Crippen molar-refractivity contribution in [1.29, 1.82) is 0 Å². The maximum Gasteiger partial charge on any atom is 0.179 e. The molecule has 4 nitrogen and oxygen atoms in total. The SMILES string of the molecule is CCOc1cc(-c2nccn2C)cc(Cl)c1OCC(C)C. The van der Waals surface area contributed by atoms with Crippen molar-refractivity contribution in [2.24, 2.45) is 13.0 Å². The number of halogens is 1. The van der Waals surface area contributed by atoms with E-state index < -0.39 is 0 Å². The van der Waals surface area contributed by atoms with Crippen LogP contribution in [0.4, 0.5) is 0 Å².